The number of piperidine rings is 1. The van der Waals surface area contributed by atoms with Crippen LogP contribution in [-0.2, 0) is 13.6 Å². The monoisotopic (exact) mass is 368 g/mol. The zero-order valence-electron chi connectivity index (χ0n) is 15.2. The molecule has 26 heavy (non-hydrogen) atoms. The van der Waals surface area contributed by atoms with Gasteiger partial charge in [-0.2, -0.15) is 0 Å². The smallest absolute Gasteiger partial charge is 0.188 e. The second kappa shape index (κ2) is 7.55. The summed E-state index contributed by atoms with van der Waals surface area (Å²) in [7, 11) is 2.06. The highest BCUT2D eigenvalue weighted by molar-refractivity contribution is 7.13. The van der Waals surface area contributed by atoms with E-state index in [0.29, 0.717) is 5.92 Å². The molecule has 1 atom stereocenters. The number of imidazole rings is 1. The molecule has 1 unspecified atom stereocenters. The fraction of sp³-hybridized carbons (Fsp3) is 0.421. The van der Waals surface area contributed by atoms with Gasteiger partial charge in [-0.1, -0.05) is 6.07 Å². The van der Waals surface area contributed by atoms with E-state index in [9.17, 15) is 0 Å². The van der Waals surface area contributed by atoms with Crippen molar-refractivity contribution < 1.29 is 0 Å². The zero-order valence-corrected chi connectivity index (χ0v) is 16.0. The van der Waals surface area contributed by atoms with Gasteiger partial charge in [0.2, 0.25) is 0 Å². The molecule has 1 N–H and O–H groups in total. The van der Waals surface area contributed by atoms with Gasteiger partial charge in [0.25, 0.3) is 0 Å². The third-order valence-corrected chi connectivity index (χ3v) is 5.67. The maximum absolute atomic E-state index is 4.82. The van der Waals surface area contributed by atoms with Crippen molar-refractivity contribution >= 4 is 22.3 Å². The first-order valence-corrected chi connectivity index (χ1v) is 9.88. The van der Waals surface area contributed by atoms with Crippen LogP contribution in [0.1, 0.15) is 35.7 Å². The molecule has 0 bridgehead atoms. The van der Waals surface area contributed by atoms with Gasteiger partial charge in [0, 0.05) is 43.8 Å². The Bertz CT molecular complexity index is 853. The Morgan fingerprint density at radius 3 is 3.00 bits per heavy atom. The first kappa shape index (κ1) is 17.2. The normalized spacial score (nSPS) is 18.2. The quantitative estimate of drug-likeness (QED) is 0.744. The summed E-state index contributed by atoms with van der Waals surface area (Å²) < 4.78 is 2.10. The molecule has 1 fully saturated rings. The van der Waals surface area contributed by atoms with Crippen molar-refractivity contribution in [2.24, 2.45) is 7.05 Å². The maximum atomic E-state index is 4.82. The summed E-state index contributed by atoms with van der Waals surface area (Å²) in [4.78, 5) is 16.0. The van der Waals surface area contributed by atoms with E-state index in [0.717, 1.165) is 36.1 Å². The second-order valence-corrected chi connectivity index (χ2v) is 7.85. The zero-order chi connectivity index (χ0) is 17.9. The van der Waals surface area contributed by atoms with E-state index in [2.05, 4.69) is 43.2 Å². The predicted octanol–water partition coefficient (Wildman–Crippen LogP) is 3.70. The number of anilines is 2. The summed E-state index contributed by atoms with van der Waals surface area (Å²) in [5.41, 5.74) is 3.61. The van der Waals surface area contributed by atoms with E-state index in [1.807, 2.05) is 31.7 Å². The lowest BCUT2D eigenvalue weighted by Crippen LogP contribution is -2.34. The summed E-state index contributed by atoms with van der Waals surface area (Å²) >= 11 is 1.66. The Hall–Kier alpha value is -2.25. The first-order chi connectivity index (χ1) is 12.7. The Kier molecular flexibility index (Phi) is 4.99. The average Bonchev–Trinajstić information content (AvgIpc) is 3.27. The lowest BCUT2D eigenvalue weighted by Gasteiger charge is -2.31. The van der Waals surface area contributed by atoms with Crippen LogP contribution in [0.4, 0.5) is 10.9 Å². The number of rotatable bonds is 5. The van der Waals surface area contributed by atoms with Crippen molar-refractivity contribution in [1.29, 1.82) is 0 Å². The van der Waals surface area contributed by atoms with E-state index in [1.165, 1.54) is 24.2 Å². The molecule has 4 rings (SSSR count). The molecule has 0 aromatic carbocycles. The molecule has 1 saturated heterocycles. The molecule has 0 aliphatic carbocycles. The third-order valence-electron chi connectivity index (χ3n) is 4.89. The molecule has 1 aliphatic rings. The number of hydrogen-bond acceptors (Lipinski definition) is 6. The second-order valence-electron chi connectivity index (χ2n) is 6.99. The van der Waals surface area contributed by atoms with Crippen molar-refractivity contribution in [2.75, 3.05) is 18.4 Å². The highest BCUT2D eigenvalue weighted by Crippen LogP contribution is 2.31. The van der Waals surface area contributed by atoms with Gasteiger partial charge in [0.1, 0.15) is 5.82 Å². The van der Waals surface area contributed by atoms with Gasteiger partial charge in [0.15, 0.2) is 5.13 Å². The lowest BCUT2D eigenvalue weighted by molar-refractivity contribution is 0.195. The fourth-order valence-electron chi connectivity index (χ4n) is 3.39. The van der Waals surface area contributed by atoms with Gasteiger partial charge in [0.05, 0.1) is 17.7 Å². The number of nitrogens with one attached hydrogen (secondary N) is 1. The molecule has 136 valence electrons. The van der Waals surface area contributed by atoms with Gasteiger partial charge in [-0.25, -0.2) is 15.0 Å². The molecule has 0 radical (unpaired) electrons. The van der Waals surface area contributed by atoms with Crippen molar-refractivity contribution in [1.82, 2.24) is 24.4 Å². The molecular weight excluding hydrogens is 344 g/mol. The van der Waals surface area contributed by atoms with Gasteiger partial charge in [-0.05, 0) is 37.9 Å². The Morgan fingerprint density at radius 1 is 1.31 bits per heavy atom. The minimum absolute atomic E-state index is 0.495. The van der Waals surface area contributed by atoms with Crippen LogP contribution in [-0.4, -0.2) is 37.5 Å². The molecule has 1 aliphatic heterocycles. The number of pyridine rings is 1. The molecule has 0 amide bonds. The average molecular weight is 369 g/mol. The molecule has 0 spiro atoms. The molecule has 7 heteroatoms. The summed E-state index contributed by atoms with van der Waals surface area (Å²) in [6.07, 6.45) is 8.11. The summed E-state index contributed by atoms with van der Waals surface area (Å²) in [6.45, 7) is 5.19. The fourth-order valence-corrected chi connectivity index (χ4v) is 4.19. The van der Waals surface area contributed by atoms with E-state index in [-0.39, 0.29) is 0 Å². The third kappa shape index (κ3) is 3.94. The highest BCUT2D eigenvalue weighted by atomic mass is 32.1. The number of likely N-dealkylation sites (tertiary alicyclic amines) is 1. The van der Waals surface area contributed by atoms with Crippen LogP contribution in [0.15, 0.2) is 36.2 Å². The largest absolute Gasteiger partial charge is 0.337 e. The van der Waals surface area contributed by atoms with Crippen LogP contribution >= 0.6 is 11.3 Å². The SMILES string of the molecule is Cc1ccc(Nc2nc(C3CCCN(Cc4cncn4C)C3)cs2)nc1. The van der Waals surface area contributed by atoms with Gasteiger partial charge < -0.3 is 9.88 Å². The van der Waals surface area contributed by atoms with Crippen LogP contribution in [0.5, 0.6) is 0 Å². The molecule has 0 saturated carbocycles. The van der Waals surface area contributed by atoms with Crippen LogP contribution in [0.2, 0.25) is 0 Å². The molecule has 6 nitrogen and oxygen atoms in total. The standard InChI is InChI=1S/C19H24N6S/c1-14-5-6-18(21-8-14)23-19-22-17(12-26-19)15-4-3-7-25(10-15)11-16-9-20-13-24(16)2/h5-6,8-9,12-13,15H,3-4,7,10-11H2,1-2H3,(H,21,22,23). The van der Waals surface area contributed by atoms with E-state index in [4.69, 9.17) is 4.98 Å². The van der Waals surface area contributed by atoms with Crippen molar-refractivity contribution in [3.8, 4) is 0 Å². The molecular formula is C19H24N6S. The maximum Gasteiger partial charge on any atom is 0.188 e. The number of thiazole rings is 1. The van der Waals surface area contributed by atoms with Crippen LogP contribution in [0.3, 0.4) is 0 Å². The molecule has 3 aromatic rings. The van der Waals surface area contributed by atoms with Gasteiger partial charge in [-0.3, -0.25) is 4.90 Å². The van der Waals surface area contributed by atoms with Crippen LogP contribution in [0.25, 0.3) is 0 Å². The number of nitrogens with zero attached hydrogens (tertiary/aromatic N) is 5. The van der Waals surface area contributed by atoms with Crippen LogP contribution in [0, 0.1) is 6.92 Å². The minimum atomic E-state index is 0.495. The number of aryl methyl sites for hydroxylation is 2. The summed E-state index contributed by atoms with van der Waals surface area (Å²) in [5, 5.41) is 6.42. The minimum Gasteiger partial charge on any atom is -0.337 e. The topological polar surface area (TPSA) is 58.9 Å². The Labute approximate surface area is 157 Å². The van der Waals surface area contributed by atoms with E-state index >= 15 is 0 Å². The predicted molar refractivity (Wildman–Crippen MR) is 105 cm³/mol. The Balaban J connectivity index is 1.40. The summed E-state index contributed by atoms with van der Waals surface area (Å²) in [5.74, 6) is 1.34. The summed E-state index contributed by atoms with van der Waals surface area (Å²) in [6, 6.07) is 4.05. The first-order valence-electron chi connectivity index (χ1n) is 9.00. The van der Waals surface area contributed by atoms with E-state index < -0.39 is 0 Å². The van der Waals surface area contributed by atoms with Crippen molar-refractivity contribution in [3.05, 3.63) is 53.2 Å². The van der Waals surface area contributed by atoms with E-state index in [1.54, 1.807) is 11.3 Å². The lowest BCUT2D eigenvalue weighted by atomic mass is 9.95. The van der Waals surface area contributed by atoms with Crippen molar-refractivity contribution in [3.63, 3.8) is 0 Å². The number of aromatic nitrogens is 4. The van der Waals surface area contributed by atoms with Crippen molar-refractivity contribution in [2.45, 2.75) is 32.2 Å². The molecule has 3 aromatic heterocycles. The van der Waals surface area contributed by atoms with Crippen LogP contribution < -0.4 is 5.32 Å². The van der Waals surface area contributed by atoms with Gasteiger partial charge >= 0.3 is 0 Å². The highest BCUT2D eigenvalue weighted by Gasteiger charge is 2.24. The Morgan fingerprint density at radius 2 is 2.23 bits per heavy atom. The van der Waals surface area contributed by atoms with Gasteiger partial charge in [-0.15, -0.1) is 11.3 Å². The molecule has 4 heterocycles. The number of hydrogen-bond donors (Lipinski definition) is 1.